The van der Waals surface area contributed by atoms with Gasteiger partial charge in [-0.25, -0.2) is 0 Å². The average molecular weight is 298 g/mol. The van der Waals surface area contributed by atoms with Crippen molar-refractivity contribution in [3.8, 4) is 0 Å². The Kier molecular flexibility index (Phi) is 3.50. The van der Waals surface area contributed by atoms with Gasteiger partial charge in [0.25, 0.3) is 0 Å². The van der Waals surface area contributed by atoms with E-state index in [-0.39, 0.29) is 0 Å². The van der Waals surface area contributed by atoms with Crippen LogP contribution in [-0.4, -0.2) is 6.04 Å². The van der Waals surface area contributed by atoms with Crippen LogP contribution < -0.4 is 5.32 Å². The summed E-state index contributed by atoms with van der Waals surface area (Å²) < 4.78 is 5.97. The van der Waals surface area contributed by atoms with E-state index in [1.807, 2.05) is 6.07 Å². The first-order valence-corrected chi connectivity index (χ1v) is 7.45. The molecule has 0 spiro atoms. The molecule has 0 amide bonds. The van der Waals surface area contributed by atoms with Gasteiger partial charge in [0.15, 0.2) is 0 Å². The quantitative estimate of drug-likeness (QED) is 0.848. The Hall–Kier alpha value is -0.700. The third-order valence-electron chi connectivity index (χ3n) is 3.53. The number of furan rings is 1. The van der Waals surface area contributed by atoms with Gasteiger partial charge in [-0.2, -0.15) is 0 Å². The molecule has 1 aliphatic carbocycles. The molecule has 1 aromatic carbocycles. The number of hydrogen-bond acceptors (Lipinski definition) is 2. The fourth-order valence-electron chi connectivity index (χ4n) is 2.49. The lowest BCUT2D eigenvalue weighted by Crippen LogP contribution is -2.15. The number of rotatable bonds is 4. The zero-order chi connectivity index (χ0) is 13.6. The van der Waals surface area contributed by atoms with E-state index in [2.05, 4.69) is 19.2 Å². The van der Waals surface area contributed by atoms with Crippen molar-refractivity contribution in [1.82, 2.24) is 5.32 Å². The van der Waals surface area contributed by atoms with E-state index < -0.39 is 0 Å². The average Bonchev–Trinajstić information content (AvgIpc) is 3.06. The van der Waals surface area contributed by atoms with Gasteiger partial charge in [-0.1, -0.05) is 37.0 Å². The molecule has 0 saturated heterocycles. The normalized spacial score (nSPS) is 15.6. The van der Waals surface area contributed by atoms with Crippen LogP contribution in [0, 0.1) is 0 Å². The molecule has 1 aromatic heterocycles. The van der Waals surface area contributed by atoms with E-state index in [9.17, 15) is 0 Å². The minimum atomic E-state index is 0.371. The number of fused-ring (bicyclic) bond motifs is 1. The fraction of sp³-hybridized carbons (Fsp3) is 0.467. The monoisotopic (exact) mass is 297 g/mol. The number of benzene rings is 1. The van der Waals surface area contributed by atoms with Crippen molar-refractivity contribution in [3.05, 3.63) is 33.5 Å². The summed E-state index contributed by atoms with van der Waals surface area (Å²) in [6.07, 6.45) is 2.54. The van der Waals surface area contributed by atoms with E-state index in [0.717, 1.165) is 23.3 Å². The van der Waals surface area contributed by atoms with Gasteiger partial charge in [-0.15, -0.1) is 0 Å². The number of halogens is 2. The molecule has 2 aromatic rings. The second kappa shape index (κ2) is 5.01. The van der Waals surface area contributed by atoms with Crippen LogP contribution in [-0.2, 0) is 6.54 Å². The summed E-state index contributed by atoms with van der Waals surface area (Å²) in [6.45, 7) is 5.09. The molecule has 0 aliphatic heterocycles. The molecule has 0 unspecified atom stereocenters. The molecule has 0 radical (unpaired) electrons. The van der Waals surface area contributed by atoms with Gasteiger partial charge in [0.2, 0.25) is 0 Å². The molecule has 0 bridgehead atoms. The van der Waals surface area contributed by atoms with Crippen molar-refractivity contribution in [2.75, 3.05) is 0 Å². The van der Waals surface area contributed by atoms with Crippen molar-refractivity contribution >= 4 is 34.2 Å². The number of hydrogen-bond donors (Lipinski definition) is 1. The zero-order valence-electron chi connectivity index (χ0n) is 11.1. The van der Waals surface area contributed by atoms with E-state index in [4.69, 9.17) is 27.6 Å². The van der Waals surface area contributed by atoms with Gasteiger partial charge < -0.3 is 9.73 Å². The van der Waals surface area contributed by atoms with Crippen LogP contribution in [0.3, 0.4) is 0 Å². The van der Waals surface area contributed by atoms with E-state index in [0.29, 0.717) is 22.0 Å². The maximum atomic E-state index is 6.34. The molecule has 1 aliphatic rings. The van der Waals surface area contributed by atoms with Gasteiger partial charge in [-0.05, 0) is 24.8 Å². The van der Waals surface area contributed by atoms with Crippen LogP contribution in [0.2, 0.25) is 10.0 Å². The van der Waals surface area contributed by atoms with Crippen molar-refractivity contribution in [2.24, 2.45) is 0 Å². The lowest BCUT2D eigenvalue weighted by molar-refractivity contribution is 0.503. The van der Waals surface area contributed by atoms with Crippen LogP contribution in [0.5, 0.6) is 0 Å². The van der Waals surface area contributed by atoms with Crippen molar-refractivity contribution in [1.29, 1.82) is 0 Å². The second-order valence-electron chi connectivity index (χ2n) is 5.51. The molecule has 0 atom stereocenters. The smallest absolute Gasteiger partial charge is 0.137 e. The molecule has 102 valence electrons. The summed E-state index contributed by atoms with van der Waals surface area (Å²) in [6, 6.07) is 4.28. The molecule has 3 rings (SSSR count). The minimum absolute atomic E-state index is 0.371. The van der Waals surface area contributed by atoms with Crippen LogP contribution in [0.4, 0.5) is 0 Å². The minimum Gasteiger partial charge on any atom is -0.459 e. The first kappa shape index (κ1) is 13.3. The van der Waals surface area contributed by atoms with Gasteiger partial charge >= 0.3 is 0 Å². The summed E-state index contributed by atoms with van der Waals surface area (Å²) in [5.41, 5.74) is 1.98. The molecular formula is C15H17Cl2NO. The number of nitrogens with one attached hydrogen (secondary N) is 1. The Morgan fingerprint density at radius 2 is 2.05 bits per heavy atom. The third kappa shape index (κ3) is 2.62. The summed E-state index contributed by atoms with van der Waals surface area (Å²) in [7, 11) is 0. The van der Waals surface area contributed by atoms with Crippen molar-refractivity contribution in [3.63, 3.8) is 0 Å². The molecular weight excluding hydrogens is 281 g/mol. The Labute approximate surface area is 123 Å². The summed E-state index contributed by atoms with van der Waals surface area (Å²) in [5.74, 6) is 1.36. The zero-order valence-corrected chi connectivity index (χ0v) is 12.6. The molecule has 1 heterocycles. The highest BCUT2D eigenvalue weighted by Gasteiger charge is 2.24. The van der Waals surface area contributed by atoms with Crippen molar-refractivity contribution < 1.29 is 4.42 Å². The summed E-state index contributed by atoms with van der Waals surface area (Å²) in [5, 5.41) is 5.79. The summed E-state index contributed by atoms with van der Waals surface area (Å²) in [4.78, 5) is 0. The molecule has 1 saturated carbocycles. The standard InChI is InChI=1S/C15H17Cl2NO/c1-8(2)14-13(7-18-10-3-4-10)19-12-6-9(16)5-11(17)15(12)14/h5-6,8,10,18H,3-4,7H2,1-2H3. The molecule has 1 N–H and O–H groups in total. The SMILES string of the molecule is CC(C)c1c(CNC2CC2)oc2cc(Cl)cc(Cl)c12. The van der Waals surface area contributed by atoms with E-state index in [1.54, 1.807) is 6.07 Å². The molecule has 4 heteroatoms. The lowest BCUT2D eigenvalue weighted by atomic mass is 9.99. The maximum absolute atomic E-state index is 6.34. The third-order valence-corrected chi connectivity index (χ3v) is 4.04. The van der Waals surface area contributed by atoms with Crippen LogP contribution in [0.15, 0.2) is 16.5 Å². The Morgan fingerprint density at radius 3 is 2.68 bits per heavy atom. The predicted molar refractivity (Wildman–Crippen MR) is 80.2 cm³/mol. The van der Waals surface area contributed by atoms with Gasteiger partial charge in [0.05, 0.1) is 11.6 Å². The van der Waals surface area contributed by atoms with Crippen LogP contribution in [0.1, 0.15) is 43.9 Å². The highest BCUT2D eigenvalue weighted by molar-refractivity contribution is 6.38. The fourth-order valence-corrected chi connectivity index (χ4v) is 3.06. The van der Waals surface area contributed by atoms with Crippen molar-refractivity contribution in [2.45, 2.75) is 45.2 Å². The summed E-state index contributed by atoms with van der Waals surface area (Å²) >= 11 is 12.4. The van der Waals surface area contributed by atoms with Crippen LogP contribution in [0.25, 0.3) is 11.0 Å². The second-order valence-corrected chi connectivity index (χ2v) is 6.35. The van der Waals surface area contributed by atoms with Gasteiger partial charge in [0.1, 0.15) is 11.3 Å². The van der Waals surface area contributed by atoms with E-state index >= 15 is 0 Å². The Morgan fingerprint density at radius 1 is 1.32 bits per heavy atom. The van der Waals surface area contributed by atoms with Gasteiger partial charge in [0, 0.05) is 28.1 Å². The first-order chi connectivity index (χ1) is 9.06. The molecule has 19 heavy (non-hydrogen) atoms. The maximum Gasteiger partial charge on any atom is 0.137 e. The molecule has 2 nitrogen and oxygen atoms in total. The van der Waals surface area contributed by atoms with E-state index in [1.165, 1.54) is 18.4 Å². The van der Waals surface area contributed by atoms with Crippen LogP contribution >= 0.6 is 23.2 Å². The first-order valence-electron chi connectivity index (χ1n) is 6.70. The lowest BCUT2D eigenvalue weighted by Gasteiger charge is -2.08. The topological polar surface area (TPSA) is 25.2 Å². The highest BCUT2D eigenvalue weighted by Crippen LogP contribution is 2.38. The molecule has 1 fully saturated rings. The predicted octanol–water partition coefficient (Wildman–Crippen LogP) is 5.12. The Bertz CT molecular complexity index is 614. The largest absolute Gasteiger partial charge is 0.459 e. The highest BCUT2D eigenvalue weighted by atomic mass is 35.5. The van der Waals surface area contributed by atoms with Gasteiger partial charge in [-0.3, -0.25) is 0 Å². The Balaban J connectivity index is 2.08.